The summed E-state index contributed by atoms with van der Waals surface area (Å²) >= 11 is 0. The van der Waals surface area contributed by atoms with E-state index in [1.54, 1.807) is 7.11 Å². The first-order chi connectivity index (χ1) is 15.1. The molecule has 5 heteroatoms. The zero-order valence-corrected chi connectivity index (χ0v) is 18.2. The zero-order valence-electron chi connectivity index (χ0n) is 18.2. The first-order valence-electron chi connectivity index (χ1n) is 10.8. The number of benzene rings is 2. The average molecular weight is 416 g/mol. The lowest BCUT2D eigenvalue weighted by Crippen LogP contribution is -2.33. The molecule has 1 amide bonds. The third-order valence-electron chi connectivity index (χ3n) is 5.79. The predicted octanol–water partition coefficient (Wildman–Crippen LogP) is 3.86. The highest BCUT2D eigenvalue weighted by Crippen LogP contribution is 2.28. The lowest BCUT2D eigenvalue weighted by molar-refractivity contribution is -0.124. The number of hydrogen-bond donors (Lipinski definition) is 1. The standard InChI is InChI=1S/C26H29N3O2/c1-19-6-5-8-23(28-19)18-29-15-14-27-26(30)22(17-29)16-21-7-3-4-9-25(21)20-10-12-24(31-2)13-11-20/h3-13,22H,14-18H2,1-2H3,(H,27,30). The molecule has 160 valence electrons. The second kappa shape index (κ2) is 9.75. The second-order valence-corrected chi connectivity index (χ2v) is 8.08. The third-order valence-corrected chi connectivity index (χ3v) is 5.79. The fraction of sp³-hybridized carbons (Fsp3) is 0.308. The number of nitrogens with zero attached hydrogens (tertiary/aromatic N) is 2. The molecule has 1 aliphatic heterocycles. The Hall–Kier alpha value is -3.18. The number of methoxy groups -OCH3 is 1. The summed E-state index contributed by atoms with van der Waals surface area (Å²) in [7, 11) is 1.67. The van der Waals surface area contributed by atoms with E-state index in [0.29, 0.717) is 13.0 Å². The van der Waals surface area contributed by atoms with Gasteiger partial charge >= 0.3 is 0 Å². The molecular weight excluding hydrogens is 386 g/mol. The predicted molar refractivity (Wildman–Crippen MR) is 123 cm³/mol. The van der Waals surface area contributed by atoms with Gasteiger partial charge in [-0.05, 0) is 54.3 Å². The number of hydrogen-bond acceptors (Lipinski definition) is 4. The van der Waals surface area contributed by atoms with Crippen molar-refractivity contribution in [1.29, 1.82) is 0 Å². The molecule has 1 aliphatic rings. The van der Waals surface area contributed by atoms with Gasteiger partial charge in [0, 0.05) is 31.9 Å². The van der Waals surface area contributed by atoms with Crippen molar-refractivity contribution in [3.8, 4) is 16.9 Å². The Bertz CT molecular complexity index is 1030. The highest BCUT2D eigenvalue weighted by Gasteiger charge is 2.26. The number of rotatable bonds is 6. The van der Waals surface area contributed by atoms with Gasteiger partial charge in [0.15, 0.2) is 0 Å². The topological polar surface area (TPSA) is 54.5 Å². The molecule has 1 saturated heterocycles. The molecule has 5 nitrogen and oxygen atoms in total. The van der Waals surface area contributed by atoms with Crippen LogP contribution in [0.25, 0.3) is 11.1 Å². The van der Waals surface area contributed by atoms with E-state index >= 15 is 0 Å². The first kappa shape index (κ1) is 21.1. The van der Waals surface area contributed by atoms with Crippen LogP contribution >= 0.6 is 0 Å². The van der Waals surface area contributed by atoms with Crippen molar-refractivity contribution in [2.75, 3.05) is 26.7 Å². The van der Waals surface area contributed by atoms with E-state index < -0.39 is 0 Å². The molecule has 2 aromatic carbocycles. The molecule has 3 aromatic rings. The maximum Gasteiger partial charge on any atom is 0.224 e. The van der Waals surface area contributed by atoms with Crippen LogP contribution in [-0.2, 0) is 17.8 Å². The number of aromatic nitrogens is 1. The van der Waals surface area contributed by atoms with Crippen LogP contribution in [0.4, 0.5) is 0 Å². The van der Waals surface area contributed by atoms with E-state index in [0.717, 1.165) is 47.9 Å². The highest BCUT2D eigenvalue weighted by atomic mass is 16.5. The molecule has 0 aliphatic carbocycles. The quantitative estimate of drug-likeness (QED) is 0.664. The van der Waals surface area contributed by atoms with Crippen molar-refractivity contribution in [1.82, 2.24) is 15.2 Å². The van der Waals surface area contributed by atoms with Gasteiger partial charge < -0.3 is 10.1 Å². The van der Waals surface area contributed by atoms with E-state index in [1.807, 2.05) is 43.3 Å². The van der Waals surface area contributed by atoms with Gasteiger partial charge in [0.1, 0.15) is 5.75 Å². The zero-order chi connectivity index (χ0) is 21.6. The van der Waals surface area contributed by atoms with Gasteiger partial charge in [-0.15, -0.1) is 0 Å². The summed E-state index contributed by atoms with van der Waals surface area (Å²) < 4.78 is 5.29. The second-order valence-electron chi connectivity index (χ2n) is 8.08. The monoisotopic (exact) mass is 415 g/mol. The normalized spacial score (nSPS) is 17.1. The van der Waals surface area contributed by atoms with Crippen LogP contribution in [0, 0.1) is 12.8 Å². The average Bonchev–Trinajstić information content (AvgIpc) is 2.95. The lowest BCUT2D eigenvalue weighted by atomic mass is 9.91. The SMILES string of the molecule is COc1ccc(-c2ccccc2CC2CN(Cc3cccc(C)n3)CCNC2=O)cc1. The van der Waals surface area contributed by atoms with Crippen LogP contribution in [-0.4, -0.2) is 42.5 Å². The summed E-state index contributed by atoms with van der Waals surface area (Å²) in [5, 5.41) is 3.10. The molecule has 1 N–H and O–H groups in total. The van der Waals surface area contributed by atoms with Crippen molar-refractivity contribution >= 4 is 5.91 Å². The van der Waals surface area contributed by atoms with Crippen molar-refractivity contribution in [3.63, 3.8) is 0 Å². The summed E-state index contributed by atoms with van der Waals surface area (Å²) in [5.74, 6) is 0.862. The molecule has 0 saturated carbocycles. The number of pyridine rings is 1. The van der Waals surface area contributed by atoms with Crippen LogP contribution in [0.3, 0.4) is 0 Å². The number of nitrogens with one attached hydrogen (secondary N) is 1. The minimum absolute atomic E-state index is 0.105. The molecule has 0 radical (unpaired) electrons. The van der Waals surface area contributed by atoms with Crippen molar-refractivity contribution < 1.29 is 9.53 Å². The van der Waals surface area contributed by atoms with Crippen LogP contribution in [0.1, 0.15) is 17.0 Å². The maximum atomic E-state index is 12.8. The Morgan fingerprint density at radius 3 is 2.65 bits per heavy atom. The van der Waals surface area contributed by atoms with Gasteiger partial charge in [-0.2, -0.15) is 0 Å². The molecule has 1 aromatic heterocycles. The Labute approximate surface area is 184 Å². The van der Waals surface area contributed by atoms with Crippen molar-refractivity contribution in [2.45, 2.75) is 19.9 Å². The molecular formula is C26H29N3O2. The molecule has 2 heterocycles. The fourth-order valence-corrected chi connectivity index (χ4v) is 4.20. The summed E-state index contributed by atoms with van der Waals surface area (Å²) in [6.45, 7) is 4.99. The van der Waals surface area contributed by atoms with Crippen LogP contribution < -0.4 is 10.1 Å². The molecule has 0 spiro atoms. The Morgan fingerprint density at radius 1 is 1.06 bits per heavy atom. The summed E-state index contributed by atoms with van der Waals surface area (Å²) in [5.41, 5.74) is 5.54. The number of ether oxygens (including phenoxy) is 1. The van der Waals surface area contributed by atoms with Crippen LogP contribution in [0.2, 0.25) is 0 Å². The van der Waals surface area contributed by atoms with Crippen LogP contribution in [0.5, 0.6) is 5.75 Å². The Kier molecular flexibility index (Phi) is 6.63. The van der Waals surface area contributed by atoms with Crippen molar-refractivity contribution in [3.05, 3.63) is 83.7 Å². The Balaban J connectivity index is 1.53. The van der Waals surface area contributed by atoms with Gasteiger partial charge in [0.2, 0.25) is 5.91 Å². The minimum Gasteiger partial charge on any atom is -0.497 e. The van der Waals surface area contributed by atoms with Gasteiger partial charge in [-0.25, -0.2) is 0 Å². The number of aryl methyl sites for hydroxylation is 1. The van der Waals surface area contributed by atoms with E-state index in [2.05, 4.69) is 45.5 Å². The number of amides is 1. The molecule has 1 unspecified atom stereocenters. The molecule has 1 atom stereocenters. The van der Waals surface area contributed by atoms with E-state index in [-0.39, 0.29) is 11.8 Å². The van der Waals surface area contributed by atoms with Gasteiger partial charge in [-0.3, -0.25) is 14.7 Å². The number of carbonyl (C=O) groups excluding carboxylic acids is 1. The molecule has 4 rings (SSSR count). The smallest absolute Gasteiger partial charge is 0.224 e. The summed E-state index contributed by atoms with van der Waals surface area (Å²) in [4.78, 5) is 19.8. The molecule has 31 heavy (non-hydrogen) atoms. The molecule has 0 bridgehead atoms. The van der Waals surface area contributed by atoms with E-state index in [4.69, 9.17) is 4.74 Å². The highest BCUT2D eigenvalue weighted by molar-refractivity contribution is 5.80. The molecule has 1 fully saturated rings. The maximum absolute atomic E-state index is 12.8. The largest absolute Gasteiger partial charge is 0.497 e. The summed E-state index contributed by atoms with van der Waals surface area (Å²) in [6.07, 6.45) is 0.700. The fourth-order valence-electron chi connectivity index (χ4n) is 4.20. The van der Waals surface area contributed by atoms with E-state index in [9.17, 15) is 4.79 Å². The lowest BCUT2D eigenvalue weighted by Gasteiger charge is -2.23. The number of carbonyl (C=O) groups is 1. The van der Waals surface area contributed by atoms with Gasteiger partial charge in [-0.1, -0.05) is 42.5 Å². The Morgan fingerprint density at radius 2 is 1.87 bits per heavy atom. The first-order valence-corrected chi connectivity index (χ1v) is 10.8. The van der Waals surface area contributed by atoms with Crippen molar-refractivity contribution in [2.24, 2.45) is 5.92 Å². The van der Waals surface area contributed by atoms with E-state index in [1.165, 1.54) is 5.56 Å². The summed E-state index contributed by atoms with van der Waals surface area (Å²) in [6, 6.07) is 22.5. The third kappa shape index (κ3) is 5.30. The van der Waals surface area contributed by atoms with Crippen LogP contribution in [0.15, 0.2) is 66.7 Å². The minimum atomic E-state index is -0.105. The van der Waals surface area contributed by atoms with Gasteiger partial charge in [0.25, 0.3) is 0 Å². The van der Waals surface area contributed by atoms with Gasteiger partial charge in [0.05, 0.1) is 18.7 Å².